The number of amides is 2. The second-order valence-electron chi connectivity index (χ2n) is 5.92. The number of rotatable bonds is 5. The molecule has 0 saturated carbocycles. The zero-order valence-corrected chi connectivity index (χ0v) is 13.8. The third kappa shape index (κ3) is 4.69. The summed E-state index contributed by atoms with van der Waals surface area (Å²) in [5.74, 6) is 0.767. The first-order valence-electron chi connectivity index (χ1n) is 7.98. The Morgan fingerprint density at radius 2 is 1.87 bits per heavy atom. The molecule has 1 saturated heterocycles. The molecule has 2 rings (SSSR count). The van der Waals surface area contributed by atoms with Crippen molar-refractivity contribution in [2.75, 3.05) is 33.3 Å². The number of carbonyl (C=O) groups excluding carboxylic acids is 2. The topological polar surface area (TPSA) is 75.9 Å². The van der Waals surface area contributed by atoms with E-state index < -0.39 is 0 Å². The molecule has 1 heterocycles. The van der Waals surface area contributed by atoms with Crippen molar-refractivity contribution in [3.05, 3.63) is 29.8 Å². The molecule has 0 aliphatic carbocycles. The van der Waals surface area contributed by atoms with Crippen molar-refractivity contribution in [2.24, 2.45) is 5.73 Å². The molecule has 0 spiro atoms. The lowest BCUT2D eigenvalue weighted by molar-refractivity contribution is -0.132. The average Bonchev–Trinajstić information content (AvgIpc) is 2.59. The Balaban J connectivity index is 1.88. The van der Waals surface area contributed by atoms with E-state index in [2.05, 4.69) is 0 Å². The summed E-state index contributed by atoms with van der Waals surface area (Å²) in [6.45, 7) is 4.17. The molecule has 1 aromatic carbocycles. The van der Waals surface area contributed by atoms with Crippen LogP contribution >= 0.6 is 0 Å². The van der Waals surface area contributed by atoms with Gasteiger partial charge < -0.3 is 20.3 Å². The molecule has 1 fully saturated rings. The van der Waals surface area contributed by atoms with E-state index in [0.29, 0.717) is 50.3 Å². The first-order valence-corrected chi connectivity index (χ1v) is 7.98. The van der Waals surface area contributed by atoms with Crippen LogP contribution in [-0.2, 0) is 4.79 Å². The van der Waals surface area contributed by atoms with Crippen molar-refractivity contribution in [1.82, 2.24) is 9.80 Å². The highest BCUT2D eigenvalue weighted by Crippen LogP contribution is 2.16. The Morgan fingerprint density at radius 3 is 2.48 bits per heavy atom. The number of benzene rings is 1. The van der Waals surface area contributed by atoms with Crippen LogP contribution in [0.15, 0.2) is 24.3 Å². The van der Waals surface area contributed by atoms with Crippen molar-refractivity contribution < 1.29 is 14.3 Å². The molecule has 6 heteroatoms. The monoisotopic (exact) mass is 319 g/mol. The molecular weight excluding hydrogens is 294 g/mol. The van der Waals surface area contributed by atoms with Crippen LogP contribution < -0.4 is 10.5 Å². The fourth-order valence-corrected chi connectivity index (χ4v) is 2.61. The van der Waals surface area contributed by atoms with Gasteiger partial charge in [0.25, 0.3) is 5.91 Å². The van der Waals surface area contributed by atoms with Crippen molar-refractivity contribution in [3.63, 3.8) is 0 Å². The van der Waals surface area contributed by atoms with Gasteiger partial charge in [-0.05, 0) is 31.5 Å². The van der Waals surface area contributed by atoms with Gasteiger partial charge >= 0.3 is 0 Å². The Hall–Kier alpha value is -2.08. The molecule has 1 aromatic rings. The summed E-state index contributed by atoms with van der Waals surface area (Å²) in [4.78, 5) is 28.2. The van der Waals surface area contributed by atoms with Crippen LogP contribution in [-0.4, -0.2) is 60.9 Å². The fraction of sp³-hybridized carbons (Fsp3) is 0.529. The summed E-state index contributed by atoms with van der Waals surface area (Å²) in [6, 6.07) is 7.17. The highest BCUT2D eigenvalue weighted by molar-refractivity contribution is 5.94. The van der Waals surface area contributed by atoms with Crippen molar-refractivity contribution in [1.29, 1.82) is 0 Å². The summed E-state index contributed by atoms with van der Waals surface area (Å²) in [5, 5.41) is 0. The maximum Gasteiger partial charge on any atom is 0.254 e. The molecule has 2 N–H and O–H groups in total. The average molecular weight is 319 g/mol. The van der Waals surface area contributed by atoms with Crippen LogP contribution in [0.5, 0.6) is 5.75 Å². The number of nitrogens with two attached hydrogens (primary N) is 1. The number of hydrogen-bond donors (Lipinski definition) is 1. The molecule has 1 aliphatic rings. The van der Waals surface area contributed by atoms with E-state index in [0.717, 1.165) is 0 Å². The number of carbonyl (C=O) groups is 2. The van der Waals surface area contributed by atoms with Crippen LogP contribution in [0, 0.1) is 0 Å². The van der Waals surface area contributed by atoms with Crippen molar-refractivity contribution in [3.8, 4) is 5.75 Å². The smallest absolute Gasteiger partial charge is 0.254 e. The van der Waals surface area contributed by atoms with Gasteiger partial charge in [0, 0.05) is 44.2 Å². The second-order valence-corrected chi connectivity index (χ2v) is 5.92. The van der Waals surface area contributed by atoms with Gasteiger partial charge in [0.15, 0.2) is 0 Å². The lowest BCUT2D eigenvalue weighted by atomic mass is 10.1. The standard InChI is InChI=1S/C17H25N3O3/c1-13(18)6-7-16(21)19-8-10-20(11-9-19)17(22)14-4-3-5-15(12-14)23-2/h3-5,12-13H,6-11,18H2,1-2H3. The third-order valence-electron chi connectivity index (χ3n) is 4.05. The molecule has 1 atom stereocenters. The van der Waals surface area contributed by atoms with E-state index in [4.69, 9.17) is 10.5 Å². The van der Waals surface area contributed by atoms with E-state index in [1.165, 1.54) is 0 Å². The first-order chi connectivity index (χ1) is 11.0. The lowest BCUT2D eigenvalue weighted by Gasteiger charge is -2.35. The highest BCUT2D eigenvalue weighted by atomic mass is 16.5. The summed E-state index contributed by atoms with van der Waals surface area (Å²) in [5.41, 5.74) is 6.30. The first kappa shape index (κ1) is 17.3. The van der Waals surface area contributed by atoms with Gasteiger partial charge in [-0.1, -0.05) is 6.07 Å². The zero-order chi connectivity index (χ0) is 16.8. The third-order valence-corrected chi connectivity index (χ3v) is 4.05. The van der Waals surface area contributed by atoms with Crippen molar-refractivity contribution >= 4 is 11.8 Å². The number of methoxy groups -OCH3 is 1. The van der Waals surface area contributed by atoms with Crippen LogP contribution in [0.1, 0.15) is 30.1 Å². The molecule has 6 nitrogen and oxygen atoms in total. The quantitative estimate of drug-likeness (QED) is 0.882. The molecule has 1 aliphatic heterocycles. The molecule has 0 radical (unpaired) electrons. The molecular formula is C17H25N3O3. The SMILES string of the molecule is COc1cccc(C(=O)N2CCN(C(=O)CCC(C)N)CC2)c1. The van der Waals surface area contributed by atoms with Crippen LogP contribution in [0.3, 0.4) is 0 Å². The van der Waals surface area contributed by atoms with Gasteiger partial charge in [0.2, 0.25) is 5.91 Å². The normalized spacial score (nSPS) is 16.1. The Labute approximate surface area is 137 Å². The van der Waals surface area contributed by atoms with E-state index in [9.17, 15) is 9.59 Å². The molecule has 126 valence electrons. The van der Waals surface area contributed by atoms with Crippen LogP contribution in [0.25, 0.3) is 0 Å². The predicted molar refractivity (Wildman–Crippen MR) is 88.4 cm³/mol. The summed E-state index contributed by atoms with van der Waals surface area (Å²) < 4.78 is 5.15. The second kappa shape index (κ2) is 7.97. The fourth-order valence-electron chi connectivity index (χ4n) is 2.61. The number of nitrogens with zero attached hydrogens (tertiary/aromatic N) is 2. The summed E-state index contributed by atoms with van der Waals surface area (Å²) >= 11 is 0. The Morgan fingerprint density at radius 1 is 1.22 bits per heavy atom. The van der Waals surface area contributed by atoms with Crippen LogP contribution in [0.2, 0.25) is 0 Å². The lowest BCUT2D eigenvalue weighted by Crippen LogP contribution is -2.50. The molecule has 23 heavy (non-hydrogen) atoms. The maximum atomic E-state index is 12.5. The number of hydrogen-bond acceptors (Lipinski definition) is 4. The molecule has 2 amide bonds. The highest BCUT2D eigenvalue weighted by Gasteiger charge is 2.24. The number of piperazine rings is 1. The predicted octanol–water partition coefficient (Wildman–Crippen LogP) is 1.11. The van der Waals surface area contributed by atoms with E-state index in [-0.39, 0.29) is 17.9 Å². The van der Waals surface area contributed by atoms with Crippen molar-refractivity contribution in [2.45, 2.75) is 25.8 Å². The number of ether oxygens (including phenoxy) is 1. The molecule has 0 bridgehead atoms. The summed E-state index contributed by atoms with van der Waals surface area (Å²) in [7, 11) is 1.58. The minimum absolute atomic E-state index is 0.0217. The zero-order valence-electron chi connectivity index (χ0n) is 13.8. The molecule has 0 aromatic heterocycles. The minimum Gasteiger partial charge on any atom is -0.497 e. The largest absolute Gasteiger partial charge is 0.497 e. The van der Waals surface area contributed by atoms with E-state index >= 15 is 0 Å². The molecule has 1 unspecified atom stereocenters. The Bertz CT molecular complexity index is 552. The minimum atomic E-state index is -0.0217. The maximum absolute atomic E-state index is 12.5. The summed E-state index contributed by atoms with van der Waals surface area (Å²) in [6.07, 6.45) is 1.17. The van der Waals surface area contributed by atoms with E-state index in [1.54, 1.807) is 30.2 Å². The van der Waals surface area contributed by atoms with E-state index in [1.807, 2.05) is 17.9 Å². The van der Waals surface area contributed by atoms with Crippen LogP contribution in [0.4, 0.5) is 0 Å². The van der Waals surface area contributed by atoms with Gasteiger partial charge in [-0.2, -0.15) is 0 Å². The van der Waals surface area contributed by atoms with Gasteiger partial charge in [0.1, 0.15) is 5.75 Å². The Kier molecular flexibility index (Phi) is 5.98. The van der Waals surface area contributed by atoms with Gasteiger partial charge in [-0.25, -0.2) is 0 Å². The van der Waals surface area contributed by atoms with Gasteiger partial charge in [-0.15, -0.1) is 0 Å². The van der Waals surface area contributed by atoms with Gasteiger partial charge in [-0.3, -0.25) is 9.59 Å². The van der Waals surface area contributed by atoms with Gasteiger partial charge in [0.05, 0.1) is 7.11 Å².